The fourth-order valence-corrected chi connectivity index (χ4v) is 2.09. The normalized spacial score (nSPS) is 11.8. The standard InChI is InChI=1S/C11H13N5O3S/c1-16-5-7(2-14-16)9(10(17)18)15-11(19)13-4-8-3-12-6-20-8/h2-3,5-6,9H,4H2,1H3,(H,17,18)(H2,13,15,19). The molecule has 2 aromatic heterocycles. The van der Waals surface area contributed by atoms with Gasteiger partial charge in [-0.15, -0.1) is 11.3 Å². The molecular weight excluding hydrogens is 282 g/mol. The maximum absolute atomic E-state index is 11.7. The first-order valence-corrected chi connectivity index (χ1v) is 6.57. The summed E-state index contributed by atoms with van der Waals surface area (Å²) in [4.78, 5) is 27.7. The van der Waals surface area contributed by atoms with E-state index in [2.05, 4.69) is 20.7 Å². The van der Waals surface area contributed by atoms with Crippen molar-refractivity contribution in [3.05, 3.63) is 34.5 Å². The number of hydrogen-bond acceptors (Lipinski definition) is 5. The van der Waals surface area contributed by atoms with E-state index in [0.717, 1.165) is 4.88 Å². The third-order valence-electron chi connectivity index (χ3n) is 2.49. The van der Waals surface area contributed by atoms with Crippen molar-refractivity contribution in [2.75, 3.05) is 0 Å². The zero-order valence-corrected chi connectivity index (χ0v) is 11.4. The van der Waals surface area contributed by atoms with Gasteiger partial charge in [-0.25, -0.2) is 9.59 Å². The van der Waals surface area contributed by atoms with Crippen molar-refractivity contribution in [1.82, 2.24) is 25.4 Å². The lowest BCUT2D eigenvalue weighted by molar-refractivity contribution is -0.139. The number of aryl methyl sites for hydroxylation is 1. The summed E-state index contributed by atoms with van der Waals surface area (Å²) in [7, 11) is 1.67. The van der Waals surface area contributed by atoms with Gasteiger partial charge in [0.15, 0.2) is 6.04 Å². The first kappa shape index (κ1) is 14.0. The van der Waals surface area contributed by atoms with Crippen LogP contribution in [0, 0.1) is 0 Å². The first-order valence-electron chi connectivity index (χ1n) is 5.69. The molecule has 106 valence electrons. The third kappa shape index (κ3) is 3.54. The van der Waals surface area contributed by atoms with Crippen molar-refractivity contribution in [3.8, 4) is 0 Å². The van der Waals surface area contributed by atoms with Crippen molar-refractivity contribution in [2.24, 2.45) is 7.05 Å². The molecule has 2 heterocycles. The summed E-state index contributed by atoms with van der Waals surface area (Å²) >= 11 is 1.41. The highest BCUT2D eigenvalue weighted by Crippen LogP contribution is 2.11. The summed E-state index contributed by atoms with van der Waals surface area (Å²) in [5.41, 5.74) is 2.07. The Morgan fingerprint density at radius 2 is 2.30 bits per heavy atom. The number of amides is 2. The highest BCUT2D eigenvalue weighted by Gasteiger charge is 2.23. The predicted molar refractivity (Wildman–Crippen MR) is 71.1 cm³/mol. The minimum atomic E-state index is -1.15. The maximum Gasteiger partial charge on any atom is 0.331 e. The molecule has 0 fully saturated rings. The van der Waals surface area contributed by atoms with Gasteiger partial charge >= 0.3 is 12.0 Å². The van der Waals surface area contributed by atoms with Crippen LogP contribution in [-0.4, -0.2) is 31.9 Å². The molecule has 0 radical (unpaired) electrons. The predicted octanol–water partition coefficient (Wildman–Crippen LogP) is 0.502. The largest absolute Gasteiger partial charge is 0.479 e. The Labute approximate surface area is 118 Å². The van der Waals surface area contributed by atoms with Gasteiger partial charge in [0.05, 0.1) is 18.3 Å². The highest BCUT2D eigenvalue weighted by molar-refractivity contribution is 7.09. The molecule has 9 heteroatoms. The summed E-state index contributed by atoms with van der Waals surface area (Å²) in [6.45, 7) is 0.301. The number of aromatic nitrogens is 3. The van der Waals surface area contributed by atoms with Gasteiger partial charge in [0.1, 0.15) is 0 Å². The van der Waals surface area contributed by atoms with Crippen LogP contribution in [0.4, 0.5) is 4.79 Å². The summed E-state index contributed by atoms with van der Waals surface area (Å²) in [6.07, 6.45) is 4.59. The van der Waals surface area contributed by atoms with Gasteiger partial charge in [-0.05, 0) is 0 Å². The van der Waals surface area contributed by atoms with Gasteiger partial charge in [0.2, 0.25) is 0 Å². The van der Waals surface area contributed by atoms with Gasteiger partial charge < -0.3 is 15.7 Å². The molecule has 1 unspecified atom stereocenters. The number of urea groups is 1. The molecule has 1 atom stereocenters. The van der Waals surface area contributed by atoms with E-state index in [4.69, 9.17) is 5.11 Å². The fraction of sp³-hybridized carbons (Fsp3) is 0.273. The fourth-order valence-electron chi connectivity index (χ4n) is 1.56. The lowest BCUT2D eigenvalue weighted by Crippen LogP contribution is -2.40. The maximum atomic E-state index is 11.7. The van der Waals surface area contributed by atoms with E-state index in [-0.39, 0.29) is 0 Å². The van der Waals surface area contributed by atoms with Gasteiger partial charge in [0, 0.05) is 29.9 Å². The van der Waals surface area contributed by atoms with Crippen LogP contribution >= 0.6 is 11.3 Å². The van der Waals surface area contributed by atoms with E-state index < -0.39 is 18.0 Å². The minimum Gasteiger partial charge on any atom is -0.479 e. The Balaban J connectivity index is 1.94. The van der Waals surface area contributed by atoms with Gasteiger partial charge in [0.25, 0.3) is 0 Å². The van der Waals surface area contributed by atoms with E-state index in [1.807, 2.05) is 0 Å². The number of rotatable bonds is 5. The number of carbonyl (C=O) groups is 2. The van der Waals surface area contributed by atoms with Crippen LogP contribution in [0.2, 0.25) is 0 Å². The molecular formula is C11H13N5O3S. The van der Waals surface area contributed by atoms with Gasteiger partial charge in [-0.2, -0.15) is 5.10 Å². The van der Waals surface area contributed by atoms with E-state index in [9.17, 15) is 9.59 Å². The molecule has 0 aromatic carbocycles. The topological polar surface area (TPSA) is 109 Å². The summed E-state index contributed by atoms with van der Waals surface area (Å²) in [5, 5.41) is 18.0. The average molecular weight is 295 g/mol. The van der Waals surface area contributed by atoms with Gasteiger partial charge in [-0.3, -0.25) is 9.67 Å². The molecule has 2 amide bonds. The molecule has 0 saturated carbocycles. The third-order valence-corrected chi connectivity index (χ3v) is 3.27. The van der Waals surface area contributed by atoms with Crippen molar-refractivity contribution in [1.29, 1.82) is 0 Å². The zero-order chi connectivity index (χ0) is 14.5. The highest BCUT2D eigenvalue weighted by atomic mass is 32.1. The summed E-state index contributed by atoms with van der Waals surface area (Å²) in [6, 6.07) is -1.69. The molecule has 2 aromatic rings. The van der Waals surface area contributed by atoms with Crippen LogP contribution < -0.4 is 10.6 Å². The Hall–Kier alpha value is -2.42. The molecule has 0 aliphatic carbocycles. The van der Waals surface area contributed by atoms with E-state index >= 15 is 0 Å². The Bertz CT molecular complexity index is 595. The van der Waals surface area contributed by atoms with Crippen molar-refractivity contribution < 1.29 is 14.7 Å². The van der Waals surface area contributed by atoms with E-state index in [1.54, 1.807) is 25.0 Å². The molecule has 0 aliphatic heterocycles. The monoisotopic (exact) mass is 295 g/mol. The second-order valence-corrected chi connectivity index (χ2v) is 4.98. The lowest BCUT2D eigenvalue weighted by Gasteiger charge is -2.13. The van der Waals surface area contributed by atoms with Crippen LogP contribution in [0.15, 0.2) is 24.1 Å². The molecule has 0 bridgehead atoms. The number of nitrogens with zero attached hydrogens (tertiary/aromatic N) is 3. The summed E-state index contributed by atoms with van der Waals surface area (Å²) in [5.74, 6) is -1.15. The van der Waals surface area contributed by atoms with Crippen LogP contribution in [0.25, 0.3) is 0 Å². The van der Waals surface area contributed by atoms with Gasteiger partial charge in [-0.1, -0.05) is 0 Å². The molecule has 0 spiro atoms. The summed E-state index contributed by atoms with van der Waals surface area (Å²) < 4.78 is 1.47. The van der Waals surface area contributed by atoms with Crippen LogP contribution in [0.3, 0.4) is 0 Å². The molecule has 3 N–H and O–H groups in total. The van der Waals surface area contributed by atoms with Crippen molar-refractivity contribution in [3.63, 3.8) is 0 Å². The average Bonchev–Trinajstić information content (AvgIpc) is 3.04. The second kappa shape index (κ2) is 6.15. The number of carboxylic acids is 1. The number of nitrogens with one attached hydrogen (secondary N) is 2. The molecule has 0 aliphatic rings. The number of thiazole rings is 1. The van der Waals surface area contributed by atoms with Crippen LogP contribution in [0.5, 0.6) is 0 Å². The van der Waals surface area contributed by atoms with E-state index in [0.29, 0.717) is 12.1 Å². The van der Waals surface area contributed by atoms with E-state index in [1.165, 1.54) is 22.2 Å². The Morgan fingerprint density at radius 3 is 2.85 bits per heavy atom. The van der Waals surface area contributed by atoms with Crippen molar-refractivity contribution in [2.45, 2.75) is 12.6 Å². The number of carboxylic acid groups (broad SMARTS) is 1. The second-order valence-electron chi connectivity index (χ2n) is 4.01. The van der Waals surface area contributed by atoms with Crippen LogP contribution in [-0.2, 0) is 18.4 Å². The van der Waals surface area contributed by atoms with Crippen molar-refractivity contribution >= 4 is 23.3 Å². The Kier molecular flexibility index (Phi) is 4.31. The number of aliphatic carboxylic acids is 1. The SMILES string of the molecule is Cn1cc(C(NC(=O)NCc2cncs2)C(=O)O)cn1. The molecule has 20 heavy (non-hydrogen) atoms. The smallest absolute Gasteiger partial charge is 0.331 e. The quantitative estimate of drug-likeness (QED) is 0.744. The zero-order valence-electron chi connectivity index (χ0n) is 10.6. The molecule has 0 saturated heterocycles. The first-order chi connectivity index (χ1) is 9.56. The molecule has 8 nitrogen and oxygen atoms in total. The molecule has 2 rings (SSSR count). The van der Waals surface area contributed by atoms with Crippen LogP contribution in [0.1, 0.15) is 16.5 Å². The number of carbonyl (C=O) groups excluding carboxylic acids is 1. The Morgan fingerprint density at radius 1 is 1.50 bits per heavy atom. The number of hydrogen-bond donors (Lipinski definition) is 3. The minimum absolute atomic E-state index is 0.301. The lowest BCUT2D eigenvalue weighted by atomic mass is 10.1.